The van der Waals surface area contributed by atoms with Crippen molar-refractivity contribution in [2.75, 3.05) is 19.4 Å². The molecule has 0 spiro atoms. The van der Waals surface area contributed by atoms with Crippen LogP contribution >= 0.6 is 0 Å². The zero-order chi connectivity index (χ0) is 20.4. The fourth-order valence-corrected chi connectivity index (χ4v) is 3.39. The lowest BCUT2D eigenvalue weighted by molar-refractivity contribution is 0.402. The monoisotopic (exact) mass is 384 g/mol. The molecule has 1 N–H and O–H groups in total. The highest BCUT2D eigenvalue weighted by molar-refractivity contribution is 5.80. The van der Waals surface area contributed by atoms with Crippen molar-refractivity contribution in [2.24, 2.45) is 0 Å². The van der Waals surface area contributed by atoms with Crippen molar-refractivity contribution in [3.63, 3.8) is 0 Å². The number of hydrogen-bond donors (Lipinski definition) is 1. The summed E-state index contributed by atoms with van der Waals surface area (Å²) < 4.78 is 1.63. The number of aryl methyl sites for hydroxylation is 1. The molecule has 0 radical (unpaired) electrons. The zero-order valence-corrected chi connectivity index (χ0v) is 16.9. The molecule has 0 fully saturated rings. The first kappa shape index (κ1) is 18.9. The molecular weight excluding hydrogens is 360 g/mol. The molecule has 0 aliphatic rings. The molecule has 5 nitrogen and oxygen atoms in total. The van der Waals surface area contributed by atoms with Crippen LogP contribution in [0.1, 0.15) is 11.1 Å². The van der Waals surface area contributed by atoms with E-state index in [2.05, 4.69) is 22.3 Å². The molecule has 0 saturated carbocycles. The van der Waals surface area contributed by atoms with Gasteiger partial charge in [-0.15, -0.1) is 0 Å². The van der Waals surface area contributed by atoms with Gasteiger partial charge in [-0.1, -0.05) is 42.0 Å². The lowest BCUT2D eigenvalue weighted by Gasteiger charge is -2.16. The molecule has 0 bridgehead atoms. The lowest BCUT2D eigenvalue weighted by Crippen LogP contribution is -2.22. The van der Waals surface area contributed by atoms with Crippen molar-refractivity contribution in [3.05, 3.63) is 94.3 Å². The normalized spacial score (nSPS) is 11.2. The average molecular weight is 384 g/mol. The first-order chi connectivity index (χ1) is 14.0. The van der Waals surface area contributed by atoms with Gasteiger partial charge in [0.05, 0.1) is 16.6 Å². The van der Waals surface area contributed by atoms with Gasteiger partial charge in [0.1, 0.15) is 0 Å². The van der Waals surface area contributed by atoms with Gasteiger partial charge in [-0.3, -0.25) is 4.79 Å². The van der Waals surface area contributed by atoms with Gasteiger partial charge < -0.3 is 10.2 Å². The highest BCUT2D eigenvalue weighted by atomic mass is 16.1. The summed E-state index contributed by atoms with van der Waals surface area (Å²) >= 11 is 0. The Labute approximate surface area is 170 Å². The smallest absolute Gasteiger partial charge is 0.267 e. The largest absolute Gasteiger partial charge is 0.325 e. The van der Waals surface area contributed by atoms with Crippen LogP contribution in [0, 0.1) is 6.92 Å². The van der Waals surface area contributed by atoms with E-state index in [9.17, 15) is 4.79 Å². The van der Waals surface area contributed by atoms with Crippen LogP contribution < -0.4 is 10.9 Å². The molecule has 0 amide bonds. The van der Waals surface area contributed by atoms with E-state index in [4.69, 9.17) is 4.98 Å². The Hall–Kier alpha value is -3.44. The number of nitrogens with zero attached hydrogens (tertiary/aromatic N) is 3. The molecule has 0 saturated heterocycles. The van der Waals surface area contributed by atoms with Gasteiger partial charge in [-0.25, -0.2) is 9.55 Å². The second kappa shape index (κ2) is 7.89. The molecule has 3 aromatic carbocycles. The van der Waals surface area contributed by atoms with Crippen LogP contribution in [0.15, 0.2) is 77.6 Å². The first-order valence-corrected chi connectivity index (χ1v) is 9.61. The molecule has 0 aliphatic heterocycles. The summed E-state index contributed by atoms with van der Waals surface area (Å²) in [5, 5.41) is 3.95. The number of hydrogen-bond acceptors (Lipinski definition) is 4. The Bertz CT molecular complexity index is 1200. The van der Waals surface area contributed by atoms with Crippen molar-refractivity contribution in [1.29, 1.82) is 0 Å². The van der Waals surface area contributed by atoms with Gasteiger partial charge in [0.2, 0.25) is 5.95 Å². The predicted molar refractivity (Wildman–Crippen MR) is 119 cm³/mol. The van der Waals surface area contributed by atoms with Gasteiger partial charge in [0.15, 0.2) is 0 Å². The summed E-state index contributed by atoms with van der Waals surface area (Å²) in [7, 11) is 4.09. The predicted octanol–water partition coefficient (Wildman–Crippen LogP) is 4.50. The van der Waals surface area contributed by atoms with Crippen molar-refractivity contribution >= 4 is 22.5 Å². The van der Waals surface area contributed by atoms with E-state index < -0.39 is 0 Å². The summed E-state index contributed by atoms with van der Waals surface area (Å²) in [6, 6.07) is 23.5. The SMILES string of the molecule is Cc1ccc2nc(Nc3ccc(CN(C)C)cc3)n(-c3ccccc3)c(=O)c2c1. The quantitative estimate of drug-likeness (QED) is 0.550. The third kappa shape index (κ3) is 4.05. The maximum atomic E-state index is 13.3. The molecule has 146 valence electrons. The summed E-state index contributed by atoms with van der Waals surface area (Å²) in [6.45, 7) is 2.86. The molecule has 0 atom stereocenters. The molecule has 1 aromatic heterocycles. The molecule has 29 heavy (non-hydrogen) atoms. The number of aromatic nitrogens is 2. The third-order valence-corrected chi connectivity index (χ3v) is 4.75. The van der Waals surface area contributed by atoms with Crippen molar-refractivity contribution < 1.29 is 0 Å². The van der Waals surface area contributed by atoms with Crippen LogP contribution in [-0.4, -0.2) is 28.5 Å². The van der Waals surface area contributed by atoms with Crippen LogP contribution in [0.3, 0.4) is 0 Å². The first-order valence-electron chi connectivity index (χ1n) is 9.61. The molecular formula is C24H24N4O. The minimum Gasteiger partial charge on any atom is -0.325 e. The molecule has 1 heterocycles. The summed E-state index contributed by atoms with van der Waals surface area (Å²) in [4.78, 5) is 20.2. The minimum absolute atomic E-state index is 0.0865. The topological polar surface area (TPSA) is 50.2 Å². The summed E-state index contributed by atoms with van der Waals surface area (Å²) in [6.07, 6.45) is 0. The number of rotatable bonds is 5. The van der Waals surface area contributed by atoms with Crippen LogP contribution in [0.4, 0.5) is 11.6 Å². The van der Waals surface area contributed by atoms with E-state index in [0.29, 0.717) is 16.9 Å². The fraction of sp³-hybridized carbons (Fsp3) is 0.167. The zero-order valence-electron chi connectivity index (χ0n) is 16.9. The Morgan fingerprint density at radius 2 is 1.69 bits per heavy atom. The number of nitrogens with one attached hydrogen (secondary N) is 1. The van der Waals surface area contributed by atoms with E-state index >= 15 is 0 Å². The number of benzene rings is 3. The Morgan fingerprint density at radius 1 is 0.966 bits per heavy atom. The lowest BCUT2D eigenvalue weighted by atomic mass is 10.1. The third-order valence-electron chi connectivity index (χ3n) is 4.75. The van der Waals surface area contributed by atoms with Gasteiger partial charge in [0, 0.05) is 12.2 Å². The van der Waals surface area contributed by atoms with E-state index in [-0.39, 0.29) is 5.56 Å². The van der Waals surface area contributed by atoms with E-state index in [1.54, 1.807) is 4.57 Å². The van der Waals surface area contributed by atoms with Crippen molar-refractivity contribution in [2.45, 2.75) is 13.5 Å². The Morgan fingerprint density at radius 3 is 2.38 bits per heavy atom. The molecule has 0 aliphatic carbocycles. The maximum Gasteiger partial charge on any atom is 0.267 e. The van der Waals surface area contributed by atoms with E-state index in [1.807, 2.05) is 81.7 Å². The highest BCUT2D eigenvalue weighted by Gasteiger charge is 2.13. The van der Waals surface area contributed by atoms with Crippen LogP contribution in [0.2, 0.25) is 0 Å². The highest BCUT2D eigenvalue weighted by Crippen LogP contribution is 2.21. The maximum absolute atomic E-state index is 13.3. The Balaban J connectivity index is 1.82. The Kier molecular flexibility index (Phi) is 5.14. The molecule has 4 rings (SSSR count). The standard InChI is InChI=1S/C24H24N4O/c1-17-9-14-22-21(15-17)23(29)28(20-7-5-4-6-8-20)24(26-22)25-19-12-10-18(11-13-19)16-27(2)3/h4-15H,16H2,1-3H3,(H,25,26). The summed E-state index contributed by atoms with van der Waals surface area (Å²) in [5.74, 6) is 0.498. The number of para-hydroxylation sites is 1. The number of fused-ring (bicyclic) bond motifs is 1. The van der Waals surface area contributed by atoms with Gasteiger partial charge in [0.25, 0.3) is 5.56 Å². The van der Waals surface area contributed by atoms with Gasteiger partial charge in [-0.05, 0) is 63.0 Å². The molecule has 0 unspecified atom stereocenters. The minimum atomic E-state index is -0.0865. The van der Waals surface area contributed by atoms with Crippen LogP contribution in [0.25, 0.3) is 16.6 Å². The molecule has 5 heteroatoms. The molecule has 4 aromatic rings. The van der Waals surface area contributed by atoms with Crippen molar-refractivity contribution in [3.8, 4) is 5.69 Å². The van der Waals surface area contributed by atoms with Crippen LogP contribution in [0.5, 0.6) is 0 Å². The second-order valence-electron chi connectivity index (χ2n) is 7.49. The van der Waals surface area contributed by atoms with Gasteiger partial charge in [-0.2, -0.15) is 0 Å². The van der Waals surface area contributed by atoms with Crippen molar-refractivity contribution in [1.82, 2.24) is 14.5 Å². The average Bonchev–Trinajstić information content (AvgIpc) is 2.71. The number of anilines is 2. The van der Waals surface area contributed by atoms with Gasteiger partial charge >= 0.3 is 0 Å². The van der Waals surface area contributed by atoms with E-state index in [1.165, 1.54) is 5.56 Å². The summed E-state index contributed by atoms with van der Waals surface area (Å²) in [5.41, 5.74) is 4.52. The fourth-order valence-electron chi connectivity index (χ4n) is 3.39. The van der Waals surface area contributed by atoms with Crippen LogP contribution in [-0.2, 0) is 6.54 Å². The second-order valence-corrected chi connectivity index (χ2v) is 7.49. The van der Waals surface area contributed by atoms with E-state index in [0.717, 1.165) is 23.5 Å².